The van der Waals surface area contributed by atoms with Gasteiger partial charge in [0.25, 0.3) is 0 Å². The molecule has 76 valence electrons. The number of hydrogen-bond donors (Lipinski definition) is 4. The minimum Gasteiger partial charge on any atom is -0.504 e. The molecule has 0 heterocycles. The zero-order chi connectivity index (χ0) is 10.9. The number of aromatic carboxylic acids is 1. The lowest BCUT2D eigenvalue weighted by molar-refractivity contribution is 0.0692. The van der Waals surface area contributed by atoms with Gasteiger partial charge in [0.15, 0.2) is 11.5 Å². The highest BCUT2D eigenvalue weighted by atomic mass is 16.5. The Bertz CT molecular complexity index is 384. The van der Waals surface area contributed by atoms with Gasteiger partial charge in [-0.25, -0.2) is 4.79 Å². The maximum atomic E-state index is 10.5. The van der Waals surface area contributed by atoms with Crippen LogP contribution in [0.4, 0.5) is 0 Å². The summed E-state index contributed by atoms with van der Waals surface area (Å²) < 4.78 is 4.59. The Labute approximate surface area is 78.6 Å². The Kier molecular flexibility index (Phi) is 2.37. The molecule has 0 atom stereocenters. The van der Waals surface area contributed by atoms with Crippen molar-refractivity contribution in [2.75, 3.05) is 7.11 Å². The maximum absolute atomic E-state index is 10.5. The molecule has 14 heavy (non-hydrogen) atoms. The topological polar surface area (TPSA) is 107 Å². The summed E-state index contributed by atoms with van der Waals surface area (Å²) in [5, 5.41) is 36.0. The van der Waals surface area contributed by atoms with Gasteiger partial charge in [-0.05, 0) is 0 Å². The predicted octanol–water partition coefficient (Wildman–Crippen LogP) is 0.510. The van der Waals surface area contributed by atoms with E-state index < -0.39 is 28.8 Å². The fraction of sp³-hybridized carbons (Fsp3) is 0.125. The molecule has 6 heteroatoms. The summed E-state index contributed by atoms with van der Waals surface area (Å²) in [7, 11) is 1.19. The van der Waals surface area contributed by atoms with E-state index in [0.717, 1.165) is 6.07 Å². The molecule has 1 rings (SSSR count). The number of aromatic hydroxyl groups is 3. The van der Waals surface area contributed by atoms with Crippen LogP contribution in [-0.4, -0.2) is 33.5 Å². The van der Waals surface area contributed by atoms with E-state index in [9.17, 15) is 4.79 Å². The molecular weight excluding hydrogens is 192 g/mol. The standard InChI is InChI=1S/C8H8O6/c1-14-4-2-3(8(12)13)5(9)7(11)6(4)10/h2,9-11H,1H3,(H,12,13). The monoisotopic (exact) mass is 200 g/mol. The fourth-order valence-electron chi connectivity index (χ4n) is 0.943. The van der Waals surface area contributed by atoms with Crippen molar-refractivity contribution in [3.63, 3.8) is 0 Å². The molecule has 0 saturated heterocycles. The number of methoxy groups -OCH3 is 1. The van der Waals surface area contributed by atoms with Gasteiger partial charge in [-0.15, -0.1) is 0 Å². The highest BCUT2D eigenvalue weighted by Gasteiger charge is 2.20. The summed E-state index contributed by atoms with van der Waals surface area (Å²) in [4.78, 5) is 10.5. The van der Waals surface area contributed by atoms with Crippen molar-refractivity contribution in [1.82, 2.24) is 0 Å². The number of phenolic OH excluding ortho intramolecular Hbond substituents is 2. The molecule has 0 bridgehead atoms. The van der Waals surface area contributed by atoms with Crippen LogP contribution in [0, 0.1) is 0 Å². The molecule has 0 spiro atoms. The number of hydrogen-bond acceptors (Lipinski definition) is 5. The van der Waals surface area contributed by atoms with Crippen LogP contribution < -0.4 is 4.74 Å². The molecule has 0 aliphatic carbocycles. The number of ether oxygens (including phenoxy) is 1. The van der Waals surface area contributed by atoms with Gasteiger partial charge in [0.2, 0.25) is 11.5 Å². The van der Waals surface area contributed by atoms with E-state index in [-0.39, 0.29) is 5.75 Å². The van der Waals surface area contributed by atoms with Gasteiger partial charge in [0, 0.05) is 6.07 Å². The molecule has 6 nitrogen and oxygen atoms in total. The van der Waals surface area contributed by atoms with Crippen molar-refractivity contribution >= 4 is 5.97 Å². The first-order valence-electron chi connectivity index (χ1n) is 3.54. The molecule has 1 aromatic rings. The summed E-state index contributed by atoms with van der Waals surface area (Å²) in [6, 6.07) is 0.909. The second-order valence-corrected chi connectivity index (χ2v) is 2.48. The summed E-state index contributed by atoms with van der Waals surface area (Å²) >= 11 is 0. The van der Waals surface area contributed by atoms with Crippen LogP contribution in [-0.2, 0) is 0 Å². The third kappa shape index (κ3) is 1.37. The van der Waals surface area contributed by atoms with E-state index in [1.165, 1.54) is 7.11 Å². The third-order valence-corrected chi connectivity index (χ3v) is 1.66. The molecule has 0 amide bonds. The number of phenols is 3. The molecule has 0 saturated carbocycles. The molecule has 0 aliphatic rings. The number of carboxylic acids is 1. The summed E-state index contributed by atoms with van der Waals surface area (Å²) in [6.07, 6.45) is 0. The van der Waals surface area contributed by atoms with Gasteiger partial charge in [-0.3, -0.25) is 0 Å². The van der Waals surface area contributed by atoms with Crippen LogP contribution in [0.1, 0.15) is 10.4 Å². The summed E-state index contributed by atoms with van der Waals surface area (Å²) in [6.45, 7) is 0. The molecule has 4 N–H and O–H groups in total. The van der Waals surface area contributed by atoms with Crippen molar-refractivity contribution in [2.24, 2.45) is 0 Å². The molecule has 0 aliphatic heterocycles. The molecule has 0 aromatic heterocycles. The highest BCUT2D eigenvalue weighted by Crippen LogP contribution is 2.44. The molecule has 0 unspecified atom stereocenters. The van der Waals surface area contributed by atoms with Crippen LogP contribution in [0.3, 0.4) is 0 Å². The van der Waals surface area contributed by atoms with Crippen molar-refractivity contribution in [3.05, 3.63) is 11.6 Å². The summed E-state index contributed by atoms with van der Waals surface area (Å²) in [5.41, 5.74) is -0.544. The minimum atomic E-state index is -1.43. The van der Waals surface area contributed by atoms with Gasteiger partial charge in [-0.1, -0.05) is 0 Å². The lowest BCUT2D eigenvalue weighted by atomic mass is 10.1. The lowest BCUT2D eigenvalue weighted by Crippen LogP contribution is -1.98. The molecule has 1 aromatic carbocycles. The van der Waals surface area contributed by atoms with Crippen LogP contribution >= 0.6 is 0 Å². The van der Waals surface area contributed by atoms with Gasteiger partial charge < -0.3 is 25.2 Å². The van der Waals surface area contributed by atoms with E-state index in [1.54, 1.807) is 0 Å². The first-order chi connectivity index (χ1) is 6.49. The van der Waals surface area contributed by atoms with E-state index >= 15 is 0 Å². The van der Waals surface area contributed by atoms with Crippen molar-refractivity contribution < 1.29 is 30.0 Å². The first-order valence-corrected chi connectivity index (χ1v) is 3.54. The Morgan fingerprint density at radius 1 is 1.21 bits per heavy atom. The number of rotatable bonds is 2. The average Bonchev–Trinajstić information content (AvgIpc) is 2.14. The van der Waals surface area contributed by atoms with Crippen LogP contribution in [0.15, 0.2) is 6.07 Å². The Morgan fingerprint density at radius 2 is 1.79 bits per heavy atom. The summed E-state index contributed by atoms with van der Waals surface area (Å²) in [5.74, 6) is -4.17. The quantitative estimate of drug-likeness (QED) is 0.518. The van der Waals surface area contributed by atoms with Gasteiger partial charge in [0.05, 0.1) is 7.11 Å². The largest absolute Gasteiger partial charge is 0.504 e. The predicted molar refractivity (Wildman–Crippen MR) is 44.9 cm³/mol. The van der Waals surface area contributed by atoms with E-state index in [2.05, 4.69) is 4.74 Å². The smallest absolute Gasteiger partial charge is 0.339 e. The fourth-order valence-corrected chi connectivity index (χ4v) is 0.943. The second kappa shape index (κ2) is 3.33. The van der Waals surface area contributed by atoms with E-state index in [1.807, 2.05) is 0 Å². The Balaban J connectivity index is 3.48. The lowest BCUT2D eigenvalue weighted by Gasteiger charge is -2.08. The zero-order valence-electron chi connectivity index (χ0n) is 7.18. The second-order valence-electron chi connectivity index (χ2n) is 2.48. The molecule has 0 fully saturated rings. The number of carbonyl (C=O) groups is 1. The average molecular weight is 200 g/mol. The molecular formula is C8H8O6. The maximum Gasteiger partial charge on any atom is 0.339 e. The van der Waals surface area contributed by atoms with Gasteiger partial charge in [-0.2, -0.15) is 0 Å². The zero-order valence-corrected chi connectivity index (χ0v) is 7.18. The number of benzene rings is 1. The Hall–Kier alpha value is -2.11. The third-order valence-electron chi connectivity index (χ3n) is 1.66. The van der Waals surface area contributed by atoms with E-state index in [4.69, 9.17) is 20.4 Å². The van der Waals surface area contributed by atoms with Crippen LogP contribution in [0.25, 0.3) is 0 Å². The van der Waals surface area contributed by atoms with Gasteiger partial charge in [0.1, 0.15) is 5.56 Å². The van der Waals surface area contributed by atoms with Crippen molar-refractivity contribution in [2.45, 2.75) is 0 Å². The SMILES string of the molecule is COc1cc(C(=O)O)c(O)c(O)c1O. The van der Waals surface area contributed by atoms with Gasteiger partial charge >= 0.3 is 5.97 Å². The van der Waals surface area contributed by atoms with Crippen molar-refractivity contribution in [1.29, 1.82) is 0 Å². The van der Waals surface area contributed by atoms with Crippen LogP contribution in [0.2, 0.25) is 0 Å². The van der Waals surface area contributed by atoms with E-state index in [0.29, 0.717) is 0 Å². The number of carboxylic acid groups (broad SMARTS) is 1. The molecule has 0 radical (unpaired) electrons. The first kappa shape index (κ1) is 9.97. The van der Waals surface area contributed by atoms with Crippen LogP contribution in [0.5, 0.6) is 23.0 Å². The minimum absolute atomic E-state index is 0.224. The highest BCUT2D eigenvalue weighted by molar-refractivity contribution is 5.93. The Morgan fingerprint density at radius 3 is 2.21 bits per heavy atom. The van der Waals surface area contributed by atoms with Crippen molar-refractivity contribution in [3.8, 4) is 23.0 Å². The normalized spacial score (nSPS) is 9.79.